The molecule has 1 amide bonds. The third-order valence-corrected chi connectivity index (χ3v) is 3.90. The molecule has 5 heteroatoms. The minimum atomic E-state index is -0.480. The molecule has 1 heterocycles. The summed E-state index contributed by atoms with van der Waals surface area (Å²) in [6, 6.07) is 19.3. The SMILES string of the molecule is O=CN(OCc1ccccc1)[C@@H](Cc1ccccc1)C1OCCO1. The van der Waals surface area contributed by atoms with Crippen LogP contribution in [0.5, 0.6) is 0 Å². The van der Waals surface area contributed by atoms with Gasteiger partial charge in [0.15, 0.2) is 6.29 Å². The highest BCUT2D eigenvalue weighted by Crippen LogP contribution is 2.19. The maximum atomic E-state index is 11.6. The van der Waals surface area contributed by atoms with Gasteiger partial charge < -0.3 is 9.47 Å². The van der Waals surface area contributed by atoms with Crippen molar-refractivity contribution in [1.82, 2.24) is 5.06 Å². The molecule has 0 bridgehead atoms. The van der Waals surface area contributed by atoms with Gasteiger partial charge in [-0.1, -0.05) is 60.7 Å². The van der Waals surface area contributed by atoms with Crippen molar-refractivity contribution in [2.45, 2.75) is 25.4 Å². The fourth-order valence-corrected chi connectivity index (χ4v) is 2.69. The van der Waals surface area contributed by atoms with Crippen LogP contribution in [-0.4, -0.2) is 37.0 Å². The Bertz CT molecular complexity index is 614. The van der Waals surface area contributed by atoms with E-state index >= 15 is 0 Å². The molecule has 1 aliphatic rings. The summed E-state index contributed by atoms with van der Waals surface area (Å²) < 4.78 is 11.2. The number of carbonyl (C=O) groups excluding carboxylic acids is 1. The van der Waals surface area contributed by atoms with Crippen molar-refractivity contribution in [2.24, 2.45) is 0 Å². The van der Waals surface area contributed by atoms with Crippen LogP contribution in [0, 0.1) is 0 Å². The lowest BCUT2D eigenvalue weighted by atomic mass is 10.1. The topological polar surface area (TPSA) is 48.0 Å². The number of nitrogens with zero attached hydrogens (tertiary/aromatic N) is 1. The molecule has 2 aromatic rings. The van der Waals surface area contributed by atoms with Crippen molar-refractivity contribution < 1.29 is 19.1 Å². The second kappa shape index (κ2) is 8.59. The summed E-state index contributed by atoms with van der Waals surface area (Å²) in [4.78, 5) is 17.3. The molecule has 0 radical (unpaired) electrons. The van der Waals surface area contributed by atoms with Gasteiger partial charge >= 0.3 is 0 Å². The minimum Gasteiger partial charge on any atom is -0.348 e. The summed E-state index contributed by atoms with van der Waals surface area (Å²) in [5.74, 6) is 0. The lowest BCUT2D eigenvalue weighted by Gasteiger charge is -2.30. The van der Waals surface area contributed by atoms with E-state index in [1.165, 1.54) is 5.06 Å². The average Bonchev–Trinajstić information content (AvgIpc) is 3.17. The van der Waals surface area contributed by atoms with Crippen LogP contribution in [-0.2, 0) is 32.1 Å². The van der Waals surface area contributed by atoms with Crippen LogP contribution in [0.2, 0.25) is 0 Å². The first kappa shape index (κ1) is 16.6. The molecule has 24 heavy (non-hydrogen) atoms. The molecule has 0 N–H and O–H groups in total. The monoisotopic (exact) mass is 327 g/mol. The molecule has 126 valence electrons. The van der Waals surface area contributed by atoms with Gasteiger partial charge in [-0.25, -0.2) is 5.06 Å². The van der Waals surface area contributed by atoms with Gasteiger partial charge in [-0.15, -0.1) is 0 Å². The molecule has 5 nitrogen and oxygen atoms in total. The van der Waals surface area contributed by atoms with E-state index < -0.39 is 6.29 Å². The van der Waals surface area contributed by atoms with Gasteiger partial charge in [0.2, 0.25) is 6.41 Å². The first-order valence-electron chi connectivity index (χ1n) is 8.04. The fourth-order valence-electron chi connectivity index (χ4n) is 2.69. The summed E-state index contributed by atoms with van der Waals surface area (Å²) >= 11 is 0. The van der Waals surface area contributed by atoms with Gasteiger partial charge in [-0.2, -0.15) is 0 Å². The normalized spacial score (nSPS) is 16.0. The van der Waals surface area contributed by atoms with Crippen molar-refractivity contribution in [3.05, 3.63) is 71.8 Å². The predicted molar refractivity (Wildman–Crippen MR) is 88.8 cm³/mol. The van der Waals surface area contributed by atoms with Crippen LogP contribution in [0.15, 0.2) is 60.7 Å². The van der Waals surface area contributed by atoms with Crippen molar-refractivity contribution in [3.63, 3.8) is 0 Å². The largest absolute Gasteiger partial charge is 0.348 e. The molecule has 0 aromatic heterocycles. The Hall–Kier alpha value is -2.21. The molecule has 0 saturated carbocycles. The predicted octanol–water partition coefficient (Wildman–Crippen LogP) is 2.56. The molecule has 3 rings (SSSR count). The van der Waals surface area contributed by atoms with Crippen molar-refractivity contribution >= 4 is 6.41 Å². The molecule has 0 aliphatic carbocycles. The van der Waals surface area contributed by atoms with Crippen LogP contribution in [0.4, 0.5) is 0 Å². The Balaban J connectivity index is 1.70. The maximum Gasteiger partial charge on any atom is 0.233 e. The van der Waals surface area contributed by atoms with E-state index in [-0.39, 0.29) is 6.04 Å². The Kier molecular flexibility index (Phi) is 5.96. The van der Waals surface area contributed by atoms with E-state index in [4.69, 9.17) is 14.3 Å². The molecule has 0 spiro atoms. The minimum absolute atomic E-state index is 0.317. The second-order valence-electron chi connectivity index (χ2n) is 5.59. The summed E-state index contributed by atoms with van der Waals surface area (Å²) in [7, 11) is 0. The molecular formula is C19H21NO4. The smallest absolute Gasteiger partial charge is 0.233 e. The Morgan fingerprint density at radius 2 is 1.58 bits per heavy atom. The van der Waals surface area contributed by atoms with E-state index in [0.717, 1.165) is 11.1 Å². The molecular weight excluding hydrogens is 306 g/mol. The number of rotatable bonds is 8. The number of carbonyl (C=O) groups is 1. The van der Waals surface area contributed by atoms with Crippen LogP contribution in [0.25, 0.3) is 0 Å². The fraction of sp³-hybridized carbons (Fsp3) is 0.316. The molecule has 1 saturated heterocycles. The number of hydroxylamine groups is 2. The Labute approximate surface area is 141 Å². The molecule has 0 unspecified atom stereocenters. The summed E-state index contributed by atoms with van der Waals surface area (Å²) in [5.41, 5.74) is 2.09. The lowest BCUT2D eigenvalue weighted by Crippen LogP contribution is -2.45. The van der Waals surface area contributed by atoms with Crippen molar-refractivity contribution in [3.8, 4) is 0 Å². The number of benzene rings is 2. The highest BCUT2D eigenvalue weighted by atomic mass is 16.7. The van der Waals surface area contributed by atoms with Crippen molar-refractivity contribution in [1.29, 1.82) is 0 Å². The first-order valence-corrected chi connectivity index (χ1v) is 8.04. The lowest BCUT2D eigenvalue weighted by molar-refractivity contribution is -0.226. The van der Waals surface area contributed by atoms with Gasteiger partial charge in [0, 0.05) is 6.42 Å². The van der Waals surface area contributed by atoms with E-state index in [1.807, 2.05) is 60.7 Å². The van der Waals surface area contributed by atoms with Crippen molar-refractivity contribution in [2.75, 3.05) is 13.2 Å². The van der Waals surface area contributed by atoms with Gasteiger partial charge in [0.1, 0.15) is 12.6 Å². The zero-order chi connectivity index (χ0) is 16.6. The number of amides is 1. The van der Waals surface area contributed by atoms with Gasteiger partial charge in [-0.3, -0.25) is 9.63 Å². The number of hydrogen-bond acceptors (Lipinski definition) is 4. The summed E-state index contributed by atoms with van der Waals surface area (Å²) in [6.07, 6.45) is 0.812. The highest BCUT2D eigenvalue weighted by molar-refractivity contribution is 5.46. The van der Waals surface area contributed by atoms with Gasteiger partial charge in [0.25, 0.3) is 0 Å². The molecule has 1 atom stereocenters. The Morgan fingerprint density at radius 1 is 1.00 bits per heavy atom. The van der Waals surface area contributed by atoms with Crippen LogP contribution in [0.3, 0.4) is 0 Å². The highest BCUT2D eigenvalue weighted by Gasteiger charge is 2.32. The number of hydrogen-bond donors (Lipinski definition) is 0. The third-order valence-electron chi connectivity index (χ3n) is 3.90. The Morgan fingerprint density at radius 3 is 2.17 bits per heavy atom. The molecule has 1 fully saturated rings. The number of ether oxygens (including phenoxy) is 2. The van der Waals surface area contributed by atoms with Gasteiger partial charge in [-0.05, 0) is 11.1 Å². The second-order valence-corrected chi connectivity index (χ2v) is 5.59. The van der Waals surface area contributed by atoms with E-state index in [9.17, 15) is 4.79 Å². The summed E-state index contributed by atoms with van der Waals surface area (Å²) in [5, 5.41) is 1.32. The standard InChI is InChI=1S/C19H21NO4/c21-15-20(24-14-17-9-5-2-6-10-17)18(19-22-11-12-23-19)13-16-7-3-1-4-8-16/h1-10,15,18-19H,11-14H2/t18-/m0/s1. The van der Waals surface area contributed by atoms with Crippen LogP contribution in [0.1, 0.15) is 11.1 Å². The quantitative estimate of drug-likeness (QED) is 0.552. The van der Waals surface area contributed by atoms with E-state index in [2.05, 4.69) is 0 Å². The zero-order valence-corrected chi connectivity index (χ0v) is 13.4. The van der Waals surface area contributed by atoms with Crippen LogP contribution >= 0.6 is 0 Å². The zero-order valence-electron chi connectivity index (χ0n) is 13.4. The summed E-state index contributed by atoms with van der Waals surface area (Å²) in [6.45, 7) is 1.38. The van der Waals surface area contributed by atoms with E-state index in [0.29, 0.717) is 32.7 Å². The molecule has 2 aromatic carbocycles. The van der Waals surface area contributed by atoms with Gasteiger partial charge in [0.05, 0.1) is 13.2 Å². The van der Waals surface area contributed by atoms with E-state index in [1.54, 1.807) is 0 Å². The first-order chi connectivity index (χ1) is 11.9. The third kappa shape index (κ3) is 4.41. The average molecular weight is 327 g/mol. The van der Waals surface area contributed by atoms with Crippen LogP contribution < -0.4 is 0 Å². The maximum absolute atomic E-state index is 11.6. The molecule has 1 aliphatic heterocycles.